The third-order valence-corrected chi connectivity index (χ3v) is 3.69. The maximum Gasteiger partial charge on any atom is 0.460 e. The van der Waals surface area contributed by atoms with Gasteiger partial charge < -0.3 is 4.55 Å². The van der Waals surface area contributed by atoms with Crippen molar-refractivity contribution >= 4 is 12.0 Å². The molecular weight excluding hydrogens is 517 g/mol. The van der Waals surface area contributed by atoms with Gasteiger partial charge in [-0.25, -0.2) is 0 Å². The second-order valence-electron chi connectivity index (χ2n) is 5.13. The van der Waals surface area contributed by atoms with E-state index in [2.05, 4.69) is 0 Å². The molecule has 0 aliphatic carbocycles. The fraction of sp³-hybridized carbons (Fsp3) is 1.00. The molecule has 21 heteroatoms. The van der Waals surface area contributed by atoms with E-state index >= 15 is 0 Å². The molecule has 0 bridgehead atoms. The number of alkyl halides is 19. The molecule has 182 valence electrons. The highest BCUT2D eigenvalue weighted by Gasteiger charge is 2.96. The summed E-state index contributed by atoms with van der Waals surface area (Å²) < 4.78 is 249. The van der Waals surface area contributed by atoms with Crippen LogP contribution in [0, 0.1) is 0 Å². The minimum absolute atomic E-state index is 2.74. The highest BCUT2D eigenvalue weighted by molar-refractivity contribution is 7.94. The van der Waals surface area contributed by atoms with Crippen LogP contribution in [0.1, 0.15) is 0 Å². The van der Waals surface area contributed by atoms with Gasteiger partial charge in [0.2, 0.25) is 0 Å². The first-order valence-electron chi connectivity index (χ1n) is 5.98. The summed E-state index contributed by atoms with van der Waals surface area (Å²) in [6.07, 6.45) is -7.90. The summed E-state index contributed by atoms with van der Waals surface area (Å²) in [4.78, 5) is 0. The van der Waals surface area contributed by atoms with Crippen LogP contribution >= 0.6 is 12.0 Å². The van der Waals surface area contributed by atoms with Gasteiger partial charge in [-0.2, -0.15) is 83.4 Å². The van der Waals surface area contributed by atoms with Crippen LogP contribution in [0.5, 0.6) is 0 Å². The van der Waals surface area contributed by atoms with Gasteiger partial charge in [-0.05, 0) is 0 Å². The van der Waals surface area contributed by atoms with Gasteiger partial charge in [0.25, 0.3) is 0 Å². The lowest BCUT2D eigenvalue weighted by Gasteiger charge is -2.43. The van der Waals surface area contributed by atoms with Crippen molar-refractivity contribution in [3.63, 3.8) is 0 Å². The van der Waals surface area contributed by atoms with E-state index in [0.29, 0.717) is 0 Å². The molecule has 0 atom stereocenters. The predicted molar refractivity (Wildman–Crippen MR) is 55.9 cm³/mol. The zero-order valence-electron chi connectivity index (χ0n) is 12.5. The zero-order chi connectivity index (χ0) is 25.2. The normalized spacial score (nSPS) is 16.8. The van der Waals surface area contributed by atoms with E-state index in [0.717, 1.165) is 0 Å². The van der Waals surface area contributed by atoms with Crippen molar-refractivity contribution < 1.29 is 88.0 Å². The van der Waals surface area contributed by atoms with E-state index < -0.39 is 64.9 Å². The second-order valence-corrected chi connectivity index (χ2v) is 5.82. The van der Waals surface area contributed by atoms with Crippen molar-refractivity contribution in [1.29, 1.82) is 0 Å². The zero-order valence-corrected chi connectivity index (χ0v) is 13.4. The molecule has 0 aromatic carbocycles. The van der Waals surface area contributed by atoms with Crippen molar-refractivity contribution in [3.05, 3.63) is 0 Å². The summed E-state index contributed by atoms with van der Waals surface area (Å²) in [7, 11) is 0. The maximum atomic E-state index is 13.1. The Balaban J connectivity index is 6.85. The van der Waals surface area contributed by atoms with E-state index in [1.165, 1.54) is 0 Å². The van der Waals surface area contributed by atoms with Gasteiger partial charge in [0.1, 0.15) is 0 Å². The lowest BCUT2D eigenvalue weighted by Crippen LogP contribution is -2.75. The summed E-state index contributed by atoms with van der Waals surface area (Å²) in [6, 6.07) is 0. The van der Waals surface area contributed by atoms with Gasteiger partial charge in [-0.15, -0.1) is 0 Å². The summed E-state index contributed by atoms with van der Waals surface area (Å²) >= 11 is -2.74. The Morgan fingerprint density at radius 3 is 0.733 bits per heavy atom. The molecule has 0 aliphatic rings. The SMILES string of the molecule is OSC(F)(F)C(F)(F)C(F)(F)C(F)(F)C(F)(F)C(F)(F)C(F)(F)C(F)(F)C(F)(F)F. The largest absolute Gasteiger partial charge is 0.460 e. The Kier molecular flexibility index (Phi) is 6.75. The Hall–Kier alpha value is -1.02. The highest BCUT2D eigenvalue weighted by Crippen LogP contribution is 2.65. The molecule has 0 fully saturated rings. The number of hydrogen-bond donors (Lipinski definition) is 1. The third-order valence-electron chi connectivity index (χ3n) is 3.20. The van der Waals surface area contributed by atoms with Crippen molar-refractivity contribution in [2.24, 2.45) is 0 Å². The fourth-order valence-electron chi connectivity index (χ4n) is 1.40. The molecule has 0 spiro atoms. The van der Waals surface area contributed by atoms with Crippen molar-refractivity contribution in [1.82, 2.24) is 0 Å². The van der Waals surface area contributed by atoms with Crippen molar-refractivity contribution in [2.45, 2.75) is 52.9 Å². The van der Waals surface area contributed by atoms with Gasteiger partial charge in [0, 0.05) is 0 Å². The van der Waals surface area contributed by atoms with E-state index in [1.807, 2.05) is 0 Å². The summed E-state index contributed by atoms with van der Waals surface area (Å²) in [5.41, 5.74) is 0. The molecule has 30 heavy (non-hydrogen) atoms. The van der Waals surface area contributed by atoms with Crippen LogP contribution in [0.15, 0.2) is 0 Å². The Morgan fingerprint density at radius 1 is 0.333 bits per heavy atom. The van der Waals surface area contributed by atoms with Crippen LogP contribution < -0.4 is 0 Å². The standard InChI is InChI=1S/C9HF19OS/c10-1(11,2(12,13)4(16,17)6(20,21)8(24,25)26)3(14,15)5(18,19)7(22,23)9(27,28)30-29/h29H. The lowest BCUT2D eigenvalue weighted by atomic mass is 9.89. The summed E-state index contributed by atoms with van der Waals surface area (Å²) in [5, 5.41) is -6.91. The molecule has 0 aromatic rings. The Labute approximate surface area is 154 Å². The summed E-state index contributed by atoms with van der Waals surface area (Å²) in [6.45, 7) is 0. The first kappa shape index (κ1) is 29.0. The number of rotatable bonds is 8. The van der Waals surface area contributed by atoms with Gasteiger partial charge in [-0.1, -0.05) is 0 Å². The molecule has 0 radical (unpaired) electrons. The minimum atomic E-state index is -8.94. The van der Waals surface area contributed by atoms with Gasteiger partial charge in [-0.3, -0.25) is 0 Å². The van der Waals surface area contributed by atoms with Gasteiger partial charge in [0.15, 0.2) is 0 Å². The van der Waals surface area contributed by atoms with Crippen LogP contribution in [0.4, 0.5) is 83.4 Å². The molecule has 0 saturated carbocycles. The highest BCUT2D eigenvalue weighted by atomic mass is 32.2. The molecule has 0 aromatic heterocycles. The van der Waals surface area contributed by atoms with E-state index in [9.17, 15) is 83.4 Å². The van der Waals surface area contributed by atoms with Crippen LogP contribution in [0.3, 0.4) is 0 Å². The van der Waals surface area contributed by atoms with Crippen LogP contribution in [-0.4, -0.2) is 57.4 Å². The van der Waals surface area contributed by atoms with E-state index in [1.54, 1.807) is 0 Å². The molecule has 1 N–H and O–H groups in total. The van der Waals surface area contributed by atoms with Crippen LogP contribution in [-0.2, 0) is 0 Å². The number of hydrogen-bond acceptors (Lipinski definition) is 2. The monoisotopic (exact) mass is 518 g/mol. The number of halogens is 19. The van der Waals surface area contributed by atoms with E-state index in [-0.39, 0.29) is 0 Å². The molecule has 0 rings (SSSR count). The predicted octanol–water partition coefficient (Wildman–Crippen LogP) is 6.79. The average molecular weight is 518 g/mol. The maximum absolute atomic E-state index is 13.1. The van der Waals surface area contributed by atoms with Crippen LogP contribution in [0.2, 0.25) is 0 Å². The topological polar surface area (TPSA) is 20.2 Å². The average Bonchev–Trinajstić information content (AvgIpc) is 2.52. The molecular formula is C9HF19OS. The Bertz CT molecular complexity index is 632. The molecule has 0 saturated heterocycles. The third kappa shape index (κ3) is 3.33. The molecule has 0 aliphatic heterocycles. The first-order valence-corrected chi connectivity index (χ1v) is 6.75. The minimum Gasteiger partial charge on any atom is -0.325 e. The Morgan fingerprint density at radius 2 is 0.533 bits per heavy atom. The first-order chi connectivity index (χ1) is 12.6. The van der Waals surface area contributed by atoms with Crippen molar-refractivity contribution in [2.75, 3.05) is 0 Å². The smallest absolute Gasteiger partial charge is 0.325 e. The molecule has 0 unspecified atom stereocenters. The quantitative estimate of drug-likeness (QED) is 0.282. The van der Waals surface area contributed by atoms with E-state index in [4.69, 9.17) is 4.55 Å². The van der Waals surface area contributed by atoms with Gasteiger partial charge in [0.05, 0.1) is 12.0 Å². The second kappa shape index (κ2) is 6.99. The lowest BCUT2D eigenvalue weighted by molar-refractivity contribution is -0.465. The van der Waals surface area contributed by atoms with Crippen LogP contribution in [0.25, 0.3) is 0 Å². The fourth-order valence-corrected chi connectivity index (χ4v) is 1.65. The molecule has 0 heterocycles. The molecule has 0 amide bonds. The van der Waals surface area contributed by atoms with Crippen molar-refractivity contribution in [3.8, 4) is 0 Å². The van der Waals surface area contributed by atoms with Gasteiger partial charge >= 0.3 is 52.9 Å². The summed E-state index contributed by atoms with van der Waals surface area (Å²) in [5.74, 6) is -60.3. The molecule has 1 nitrogen and oxygen atoms in total.